The minimum Gasteiger partial charge on any atom is -0.354 e. The lowest BCUT2D eigenvalue weighted by Gasteiger charge is -2.32. The summed E-state index contributed by atoms with van der Waals surface area (Å²) in [5.41, 5.74) is 0.299. The average molecular weight is 360 g/mol. The summed E-state index contributed by atoms with van der Waals surface area (Å²) in [5, 5.41) is 13.2. The Hall–Kier alpha value is -3.02. The highest BCUT2D eigenvalue weighted by atomic mass is 19.4. The van der Waals surface area contributed by atoms with E-state index < -0.39 is 11.9 Å². The molecule has 0 aliphatic carbocycles. The quantitative estimate of drug-likeness (QED) is 0.704. The SMILES string of the molecule is N#Cc1c(N2CCC(n3ccc(C(F)(F)F)n3)CC2)nc2ccccn12. The largest absolute Gasteiger partial charge is 0.435 e. The van der Waals surface area contributed by atoms with Crippen molar-refractivity contribution in [1.82, 2.24) is 19.2 Å². The van der Waals surface area contributed by atoms with Crippen molar-refractivity contribution in [1.29, 1.82) is 5.26 Å². The van der Waals surface area contributed by atoms with Gasteiger partial charge in [0.2, 0.25) is 0 Å². The third-order valence-electron chi connectivity index (χ3n) is 4.65. The van der Waals surface area contributed by atoms with Crippen LogP contribution in [0.25, 0.3) is 5.65 Å². The van der Waals surface area contributed by atoms with Crippen molar-refractivity contribution in [3.05, 3.63) is 48.0 Å². The zero-order chi connectivity index (χ0) is 18.3. The van der Waals surface area contributed by atoms with E-state index in [1.807, 2.05) is 23.1 Å². The maximum absolute atomic E-state index is 12.7. The summed E-state index contributed by atoms with van der Waals surface area (Å²) in [6, 6.07) is 8.63. The van der Waals surface area contributed by atoms with Crippen molar-refractivity contribution in [2.45, 2.75) is 25.1 Å². The Balaban J connectivity index is 1.52. The lowest BCUT2D eigenvalue weighted by Crippen LogP contribution is -2.35. The van der Waals surface area contributed by atoms with Crippen LogP contribution in [0, 0.1) is 11.3 Å². The second kappa shape index (κ2) is 6.05. The van der Waals surface area contributed by atoms with Gasteiger partial charge in [0.25, 0.3) is 0 Å². The number of halogens is 3. The third kappa shape index (κ3) is 2.77. The van der Waals surface area contributed by atoms with Crippen LogP contribution >= 0.6 is 0 Å². The van der Waals surface area contributed by atoms with Crippen molar-refractivity contribution in [2.75, 3.05) is 18.0 Å². The molecule has 6 nitrogen and oxygen atoms in total. The Morgan fingerprint density at radius 1 is 1.12 bits per heavy atom. The molecule has 4 heterocycles. The third-order valence-corrected chi connectivity index (χ3v) is 4.65. The highest BCUT2D eigenvalue weighted by Crippen LogP contribution is 2.31. The minimum atomic E-state index is -4.43. The molecule has 3 aromatic rings. The maximum atomic E-state index is 12.7. The summed E-state index contributed by atoms with van der Waals surface area (Å²) in [6.07, 6.45) is 0.0218. The number of pyridine rings is 1. The number of anilines is 1. The number of aromatic nitrogens is 4. The highest BCUT2D eigenvalue weighted by Gasteiger charge is 2.34. The topological polar surface area (TPSA) is 62.2 Å². The number of nitrogens with zero attached hydrogens (tertiary/aromatic N) is 6. The zero-order valence-electron chi connectivity index (χ0n) is 13.7. The molecule has 0 atom stereocenters. The van der Waals surface area contributed by atoms with Gasteiger partial charge in [-0.25, -0.2) is 4.98 Å². The van der Waals surface area contributed by atoms with E-state index in [1.165, 1.54) is 10.9 Å². The molecule has 0 N–H and O–H groups in total. The standard InChI is InChI=1S/C17H15F3N6/c18-17(19,20)14-6-10-26(23-14)12-4-8-24(9-5-12)16-13(11-21)25-7-2-1-3-15(25)22-16/h1-3,6-7,10,12H,4-5,8-9H2. The molecule has 0 bridgehead atoms. The van der Waals surface area contributed by atoms with E-state index in [2.05, 4.69) is 16.2 Å². The molecule has 3 aromatic heterocycles. The molecule has 9 heteroatoms. The summed E-state index contributed by atoms with van der Waals surface area (Å²) >= 11 is 0. The molecule has 1 aliphatic heterocycles. The van der Waals surface area contributed by atoms with Crippen molar-refractivity contribution in [3.8, 4) is 6.07 Å². The average Bonchev–Trinajstić information content (AvgIpc) is 3.26. The van der Waals surface area contributed by atoms with Gasteiger partial charge in [-0.05, 0) is 31.0 Å². The van der Waals surface area contributed by atoms with E-state index in [0.29, 0.717) is 43.1 Å². The van der Waals surface area contributed by atoms with E-state index in [0.717, 1.165) is 6.07 Å². The molecule has 0 amide bonds. The number of rotatable bonds is 2. The van der Waals surface area contributed by atoms with Crippen LogP contribution in [0.2, 0.25) is 0 Å². The van der Waals surface area contributed by atoms with Gasteiger partial charge in [-0.3, -0.25) is 9.08 Å². The van der Waals surface area contributed by atoms with Crippen LogP contribution in [0.5, 0.6) is 0 Å². The molecule has 0 radical (unpaired) electrons. The normalized spacial score (nSPS) is 16.2. The fourth-order valence-electron chi connectivity index (χ4n) is 3.34. The lowest BCUT2D eigenvalue weighted by molar-refractivity contribution is -0.141. The number of imidazole rings is 1. The lowest BCUT2D eigenvalue weighted by atomic mass is 10.1. The second-order valence-electron chi connectivity index (χ2n) is 6.22. The van der Waals surface area contributed by atoms with Gasteiger partial charge in [0, 0.05) is 25.5 Å². The van der Waals surface area contributed by atoms with Gasteiger partial charge in [-0.1, -0.05) is 6.07 Å². The van der Waals surface area contributed by atoms with Gasteiger partial charge in [0.05, 0.1) is 6.04 Å². The summed E-state index contributed by atoms with van der Waals surface area (Å²) in [5.74, 6) is 0.619. The Bertz CT molecular complexity index is 972. The first-order valence-electron chi connectivity index (χ1n) is 8.22. The van der Waals surface area contributed by atoms with Crippen LogP contribution in [0.15, 0.2) is 36.7 Å². The fourth-order valence-corrected chi connectivity index (χ4v) is 3.34. The molecule has 1 saturated heterocycles. The highest BCUT2D eigenvalue weighted by molar-refractivity contribution is 5.60. The van der Waals surface area contributed by atoms with E-state index in [-0.39, 0.29) is 6.04 Å². The second-order valence-corrected chi connectivity index (χ2v) is 6.22. The zero-order valence-corrected chi connectivity index (χ0v) is 13.7. The van der Waals surface area contributed by atoms with Crippen LogP contribution in [-0.4, -0.2) is 32.3 Å². The van der Waals surface area contributed by atoms with Crippen molar-refractivity contribution in [2.24, 2.45) is 0 Å². The summed E-state index contributed by atoms with van der Waals surface area (Å²) in [6.45, 7) is 1.20. The smallest absolute Gasteiger partial charge is 0.354 e. The molecule has 1 fully saturated rings. The van der Waals surface area contributed by atoms with Gasteiger partial charge in [0.1, 0.15) is 11.7 Å². The van der Waals surface area contributed by atoms with Crippen molar-refractivity contribution >= 4 is 11.5 Å². The molecular weight excluding hydrogens is 345 g/mol. The van der Waals surface area contributed by atoms with Crippen LogP contribution in [0.3, 0.4) is 0 Å². The molecule has 0 spiro atoms. The Labute approximate surface area is 147 Å². The van der Waals surface area contributed by atoms with Crippen molar-refractivity contribution in [3.63, 3.8) is 0 Å². The number of piperidine rings is 1. The predicted molar refractivity (Wildman–Crippen MR) is 87.6 cm³/mol. The number of hydrogen-bond donors (Lipinski definition) is 0. The van der Waals surface area contributed by atoms with Gasteiger partial charge in [-0.2, -0.15) is 23.5 Å². The minimum absolute atomic E-state index is 0.0927. The number of alkyl halides is 3. The van der Waals surface area contributed by atoms with Crippen molar-refractivity contribution < 1.29 is 13.2 Å². The van der Waals surface area contributed by atoms with Gasteiger partial charge >= 0.3 is 6.18 Å². The van der Waals surface area contributed by atoms with Crippen LogP contribution in [0.1, 0.15) is 30.3 Å². The van der Waals surface area contributed by atoms with E-state index in [4.69, 9.17) is 0 Å². The first kappa shape index (κ1) is 16.4. The van der Waals surface area contributed by atoms with E-state index in [9.17, 15) is 18.4 Å². The summed E-state index contributed by atoms with van der Waals surface area (Å²) in [4.78, 5) is 6.55. The van der Waals surface area contributed by atoms with Crippen LogP contribution < -0.4 is 4.90 Å². The molecule has 0 saturated carbocycles. The van der Waals surface area contributed by atoms with Gasteiger partial charge in [0.15, 0.2) is 17.2 Å². The molecule has 134 valence electrons. The number of nitriles is 1. The summed E-state index contributed by atoms with van der Waals surface area (Å²) in [7, 11) is 0. The Kier molecular flexibility index (Phi) is 3.83. The number of hydrogen-bond acceptors (Lipinski definition) is 4. The van der Waals surface area contributed by atoms with E-state index in [1.54, 1.807) is 10.6 Å². The maximum Gasteiger partial charge on any atom is 0.435 e. The van der Waals surface area contributed by atoms with Crippen LogP contribution in [-0.2, 0) is 6.18 Å². The molecular formula is C17H15F3N6. The first-order valence-corrected chi connectivity index (χ1v) is 8.22. The van der Waals surface area contributed by atoms with Crippen LogP contribution in [0.4, 0.5) is 19.0 Å². The predicted octanol–water partition coefficient (Wildman–Crippen LogP) is 3.26. The molecule has 26 heavy (non-hydrogen) atoms. The molecule has 0 unspecified atom stereocenters. The summed E-state index contributed by atoms with van der Waals surface area (Å²) < 4.78 is 41.3. The molecule has 4 rings (SSSR count). The molecule has 1 aliphatic rings. The fraction of sp³-hybridized carbons (Fsp3) is 0.353. The number of fused-ring (bicyclic) bond motifs is 1. The first-order chi connectivity index (χ1) is 12.5. The van der Waals surface area contributed by atoms with E-state index >= 15 is 0 Å². The molecule has 0 aromatic carbocycles. The Morgan fingerprint density at radius 3 is 2.54 bits per heavy atom. The van der Waals surface area contributed by atoms with Gasteiger partial charge in [-0.15, -0.1) is 0 Å². The van der Waals surface area contributed by atoms with Gasteiger partial charge < -0.3 is 4.90 Å². The monoisotopic (exact) mass is 360 g/mol. The Morgan fingerprint density at radius 2 is 1.88 bits per heavy atom.